The number of nitrogen functional groups attached to an aromatic ring is 1. The number of aryl methyl sites for hydroxylation is 2. The first-order chi connectivity index (χ1) is 16.2. The molecule has 0 aliphatic rings. The number of terminal acetylenes is 2. The summed E-state index contributed by atoms with van der Waals surface area (Å²) in [6, 6.07) is 9.62. The van der Waals surface area contributed by atoms with E-state index in [9.17, 15) is 16.8 Å². The average molecular weight is 855 g/mol. The van der Waals surface area contributed by atoms with E-state index in [1.165, 1.54) is 18.6 Å². The number of hydrogen-bond donors (Lipinski definition) is 2. The average Bonchev–Trinajstić information content (AvgIpc) is 2.79. The van der Waals surface area contributed by atoms with Crippen molar-refractivity contribution in [3.8, 4) is 24.7 Å². The number of nitrogens with two attached hydrogens (primary N) is 1. The SMILES string of the molecule is C#CCBr.C#CCNc1ccc(S(C)(=O)=O)cc1C.Cc1cc(S(C)(=O)=O)ccc1N.O=CO[O-].[Cs+].[Cs+].[H-]. The second-order valence-electron chi connectivity index (χ2n) is 6.63. The topological polar surface area (TPSA) is 156 Å². The second-order valence-corrected chi connectivity index (χ2v) is 11.2. The van der Waals surface area contributed by atoms with Crippen LogP contribution in [0.25, 0.3) is 0 Å². The zero-order chi connectivity index (χ0) is 27.7. The monoisotopic (exact) mass is 854 g/mol. The van der Waals surface area contributed by atoms with Gasteiger partial charge in [0.1, 0.15) is 0 Å². The minimum atomic E-state index is -3.13. The van der Waals surface area contributed by atoms with Gasteiger partial charge in [-0.1, -0.05) is 27.8 Å². The summed E-state index contributed by atoms with van der Waals surface area (Å²) in [5.74, 6) is 4.81. The van der Waals surface area contributed by atoms with Gasteiger partial charge in [-0.05, 0) is 61.4 Å². The van der Waals surface area contributed by atoms with Crippen molar-refractivity contribution in [2.75, 3.05) is 35.4 Å². The molecule has 0 unspecified atom stereocenters. The number of anilines is 2. The Morgan fingerprint density at radius 1 is 1.00 bits per heavy atom. The van der Waals surface area contributed by atoms with Gasteiger partial charge in [0.2, 0.25) is 0 Å². The quantitative estimate of drug-likeness (QED) is 0.0766. The van der Waals surface area contributed by atoms with E-state index >= 15 is 0 Å². The summed E-state index contributed by atoms with van der Waals surface area (Å²) in [5, 5.41) is 12.1. The molecule has 2 aromatic rings. The number of sulfone groups is 2. The van der Waals surface area contributed by atoms with Crippen molar-refractivity contribution in [3.05, 3.63) is 47.5 Å². The van der Waals surface area contributed by atoms with E-state index < -0.39 is 19.7 Å². The molecule has 0 bridgehead atoms. The maximum absolute atomic E-state index is 11.3. The van der Waals surface area contributed by atoms with Crippen LogP contribution in [0.3, 0.4) is 0 Å². The standard InChI is InChI=1S/C11H13NO2S.C8H11NO2S.C3H3Br.CH2O3.2Cs.H/c1-4-7-12-11-6-5-10(8-9(11)2)15(3,13)14;1-6-5-7(12(2,10)11)3-4-8(6)9;1-2-3-4;2-1-4-3;;;/h1,5-6,8,12H,7H2,2-3H3;3-5H,9H2,1-2H3;1H,3H2;1,3H;;;/q;;;;2*+1;-1/p-1. The number of carbonyl (C=O) groups excluding carboxylic acids is 1. The molecule has 0 saturated carbocycles. The van der Waals surface area contributed by atoms with Gasteiger partial charge in [-0.3, -0.25) is 4.79 Å². The van der Waals surface area contributed by atoms with Crippen molar-refractivity contribution in [1.29, 1.82) is 0 Å². The van der Waals surface area contributed by atoms with E-state index in [1.807, 2.05) is 6.92 Å². The van der Waals surface area contributed by atoms with Crippen LogP contribution in [-0.2, 0) is 29.4 Å². The first kappa shape index (κ1) is 45.1. The minimum absolute atomic E-state index is 0. The van der Waals surface area contributed by atoms with E-state index in [2.05, 4.69) is 38.0 Å². The first-order valence-electron chi connectivity index (χ1n) is 9.45. The van der Waals surface area contributed by atoms with Crippen LogP contribution in [0.1, 0.15) is 12.6 Å². The van der Waals surface area contributed by atoms with E-state index in [0.717, 1.165) is 16.8 Å². The summed E-state index contributed by atoms with van der Waals surface area (Å²) >= 11 is 3.01. The largest absolute Gasteiger partial charge is 1.00 e. The molecular formula is C23H29BrCs2N2O7S2. The van der Waals surface area contributed by atoms with E-state index in [-0.39, 0.29) is 146 Å². The van der Waals surface area contributed by atoms with Crippen molar-refractivity contribution in [1.82, 2.24) is 0 Å². The third-order valence-corrected chi connectivity index (χ3v) is 6.34. The molecule has 0 amide bonds. The normalized spacial score (nSPS) is 9.19. The molecule has 3 N–H and O–H groups in total. The van der Waals surface area contributed by atoms with Gasteiger partial charge < -0.3 is 22.6 Å². The number of benzene rings is 2. The van der Waals surface area contributed by atoms with Crippen molar-refractivity contribution < 1.29 is 171 Å². The summed E-state index contributed by atoms with van der Waals surface area (Å²) in [5.41, 5.74) is 8.67. The number of rotatable bonds is 5. The Bertz CT molecular complexity index is 1270. The Hall–Kier alpha value is 1.07. The number of alkyl halides is 1. The molecule has 0 heterocycles. The molecule has 0 saturated heterocycles. The molecule has 2 rings (SSSR count). The zero-order valence-electron chi connectivity index (χ0n) is 22.7. The Balaban J connectivity index is -0.000000142. The fourth-order valence-corrected chi connectivity index (χ4v) is 3.50. The van der Waals surface area contributed by atoms with Crippen molar-refractivity contribution >= 4 is 53.5 Å². The Kier molecular flexibility index (Phi) is 30.3. The fraction of sp³-hybridized carbons (Fsp3) is 0.261. The molecule has 0 aliphatic heterocycles. The Labute approximate surface area is 348 Å². The van der Waals surface area contributed by atoms with Crippen LogP contribution in [0.15, 0.2) is 46.2 Å². The van der Waals surface area contributed by atoms with Crippen LogP contribution in [-0.4, -0.2) is 47.7 Å². The van der Waals surface area contributed by atoms with Gasteiger partial charge in [0.25, 0.3) is 6.47 Å². The van der Waals surface area contributed by atoms with Crippen LogP contribution < -0.4 is 154 Å². The predicted molar refractivity (Wildman–Crippen MR) is 141 cm³/mol. The zero-order valence-corrected chi connectivity index (χ0v) is 37.5. The van der Waals surface area contributed by atoms with Gasteiger partial charge in [-0.2, -0.15) is 0 Å². The van der Waals surface area contributed by atoms with Gasteiger partial charge in [-0.15, -0.1) is 12.8 Å². The maximum Gasteiger partial charge on any atom is 1.00 e. The molecule has 2 aromatic carbocycles. The summed E-state index contributed by atoms with van der Waals surface area (Å²) in [6.45, 7) is 3.87. The summed E-state index contributed by atoms with van der Waals surface area (Å²) in [6.07, 6.45) is 12.2. The smallest absolute Gasteiger partial charge is 1.00 e. The predicted octanol–water partition coefficient (Wildman–Crippen LogP) is -4.01. The molecule has 0 atom stereocenters. The molecule has 0 spiro atoms. The Morgan fingerprint density at radius 2 is 1.41 bits per heavy atom. The molecule has 0 fully saturated rings. The third kappa shape index (κ3) is 22.4. The van der Waals surface area contributed by atoms with Gasteiger partial charge in [-0.25, -0.2) is 16.8 Å². The van der Waals surface area contributed by atoms with Gasteiger partial charge in [0.05, 0.1) is 21.7 Å². The molecule has 0 aliphatic carbocycles. The second kappa shape index (κ2) is 24.8. The summed E-state index contributed by atoms with van der Waals surface area (Å²) in [7, 11) is -6.23. The molecule has 194 valence electrons. The number of carbonyl (C=O) groups is 1. The van der Waals surface area contributed by atoms with Crippen LogP contribution in [0.5, 0.6) is 0 Å². The van der Waals surface area contributed by atoms with Crippen molar-refractivity contribution in [2.45, 2.75) is 23.6 Å². The molecule has 9 nitrogen and oxygen atoms in total. The Morgan fingerprint density at radius 3 is 1.70 bits per heavy atom. The molecule has 37 heavy (non-hydrogen) atoms. The third-order valence-electron chi connectivity index (χ3n) is 3.79. The number of halogens is 1. The fourth-order valence-electron chi connectivity index (χ4n) is 2.09. The van der Waals surface area contributed by atoms with Crippen LogP contribution in [0.4, 0.5) is 11.4 Å². The van der Waals surface area contributed by atoms with Gasteiger partial charge in [0.15, 0.2) is 19.7 Å². The molecule has 0 aromatic heterocycles. The van der Waals surface area contributed by atoms with Gasteiger partial charge >= 0.3 is 138 Å². The van der Waals surface area contributed by atoms with Crippen molar-refractivity contribution in [3.63, 3.8) is 0 Å². The van der Waals surface area contributed by atoms with Gasteiger partial charge in [0, 0.05) is 23.9 Å². The van der Waals surface area contributed by atoms with E-state index in [0.29, 0.717) is 27.4 Å². The van der Waals surface area contributed by atoms with Crippen LogP contribution in [0, 0.1) is 38.5 Å². The first-order valence-corrected chi connectivity index (χ1v) is 14.4. The minimum Gasteiger partial charge on any atom is -1.00 e. The maximum atomic E-state index is 11.3. The molecular weight excluding hydrogens is 826 g/mol. The summed E-state index contributed by atoms with van der Waals surface area (Å²) < 4.78 is 44.6. The summed E-state index contributed by atoms with van der Waals surface area (Å²) in [4.78, 5) is 11.9. The van der Waals surface area contributed by atoms with E-state index in [4.69, 9.17) is 28.6 Å². The van der Waals surface area contributed by atoms with Crippen molar-refractivity contribution in [2.24, 2.45) is 0 Å². The number of hydrogen-bond acceptors (Lipinski definition) is 9. The molecule has 14 heteroatoms. The van der Waals surface area contributed by atoms with Crippen LogP contribution >= 0.6 is 15.9 Å². The number of nitrogens with one attached hydrogen (secondary N) is 1. The van der Waals surface area contributed by atoms with Crippen LogP contribution in [0.2, 0.25) is 0 Å². The van der Waals surface area contributed by atoms with E-state index in [1.54, 1.807) is 37.3 Å². The molecule has 0 radical (unpaired) electrons.